The lowest BCUT2D eigenvalue weighted by Crippen LogP contribution is -2.43. The minimum atomic E-state index is -0.537. The highest BCUT2D eigenvalue weighted by atomic mass is 35.5. The van der Waals surface area contributed by atoms with E-state index in [-0.39, 0.29) is 36.3 Å². The summed E-state index contributed by atoms with van der Waals surface area (Å²) >= 11 is 0. The number of halogens is 3. The van der Waals surface area contributed by atoms with Gasteiger partial charge >= 0.3 is 0 Å². The first kappa shape index (κ1) is 18.8. The molecule has 0 radical (unpaired) electrons. The van der Waals surface area contributed by atoms with Gasteiger partial charge in [-0.2, -0.15) is 0 Å². The monoisotopic (exact) mass is 333 g/mol. The molecule has 0 bridgehead atoms. The van der Waals surface area contributed by atoms with Gasteiger partial charge in [-0.1, -0.05) is 6.07 Å². The van der Waals surface area contributed by atoms with Gasteiger partial charge in [0.2, 0.25) is 5.91 Å². The predicted octanol–water partition coefficient (Wildman–Crippen LogP) is 1.67. The summed E-state index contributed by atoms with van der Waals surface area (Å²) in [4.78, 5) is 13.9. The Morgan fingerprint density at radius 2 is 2.05 bits per heavy atom. The van der Waals surface area contributed by atoms with Crippen LogP contribution in [0.4, 0.5) is 8.78 Å². The summed E-state index contributed by atoms with van der Waals surface area (Å²) in [6.07, 6.45) is 1.64. The summed E-state index contributed by atoms with van der Waals surface area (Å²) in [7, 11) is 0. The first-order chi connectivity index (χ1) is 10.1. The number of rotatable bonds is 5. The molecule has 1 aliphatic rings. The Balaban J connectivity index is 0.00000242. The molecule has 1 atom stereocenters. The number of piperidine rings is 1. The maximum atomic E-state index is 13.7. The van der Waals surface area contributed by atoms with E-state index in [4.69, 9.17) is 5.73 Å². The van der Waals surface area contributed by atoms with Crippen LogP contribution in [-0.4, -0.2) is 37.0 Å². The number of amides is 1. The van der Waals surface area contributed by atoms with Crippen LogP contribution in [-0.2, 0) is 11.3 Å². The second kappa shape index (κ2) is 9.02. The molecule has 1 aromatic carbocycles. The number of nitrogens with one attached hydrogen (secondary N) is 1. The number of nitrogens with zero attached hydrogens (tertiary/aromatic N) is 1. The highest BCUT2D eigenvalue weighted by Gasteiger charge is 2.26. The summed E-state index contributed by atoms with van der Waals surface area (Å²) in [6.45, 7) is 2.32. The number of hydrogen-bond donors (Lipinski definition) is 2. The fourth-order valence-electron chi connectivity index (χ4n) is 2.66. The molecule has 7 heteroatoms. The molecule has 1 amide bonds. The maximum absolute atomic E-state index is 13.7. The Morgan fingerprint density at radius 1 is 1.36 bits per heavy atom. The van der Waals surface area contributed by atoms with E-state index in [1.807, 2.05) is 4.90 Å². The molecule has 1 aromatic rings. The number of likely N-dealkylation sites (tertiary alicyclic amines) is 1. The van der Waals surface area contributed by atoms with Crippen molar-refractivity contribution in [1.82, 2.24) is 10.2 Å². The second-order valence-electron chi connectivity index (χ2n) is 5.35. The number of hydrogen-bond acceptors (Lipinski definition) is 3. The minimum absolute atomic E-state index is 0. The van der Waals surface area contributed by atoms with Crippen molar-refractivity contribution in [3.8, 4) is 0 Å². The number of benzene rings is 1. The van der Waals surface area contributed by atoms with Crippen LogP contribution in [0.3, 0.4) is 0 Å². The molecule has 1 fully saturated rings. The Labute approximate surface area is 135 Å². The summed E-state index contributed by atoms with van der Waals surface area (Å²) in [5.74, 6) is -1.24. The Hall–Kier alpha value is -1.24. The van der Waals surface area contributed by atoms with Gasteiger partial charge < -0.3 is 11.1 Å². The predicted molar refractivity (Wildman–Crippen MR) is 83.7 cm³/mol. The van der Waals surface area contributed by atoms with Crippen LogP contribution in [0.2, 0.25) is 0 Å². The van der Waals surface area contributed by atoms with E-state index in [0.717, 1.165) is 19.4 Å². The lowest BCUT2D eigenvalue weighted by atomic mass is 9.96. The Morgan fingerprint density at radius 3 is 2.68 bits per heavy atom. The molecule has 0 spiro atoms. The molecule has 2 rings (SSSR count). The van der Waals surface area contributed by atoms with Crippen molar-refractivity contribution in [2.24, 2.45) is 11.7 Å². The van der Waals surface area contributed by atoms with Gasteiger partial charge in [-0.25, -0.2) is 8.78 Å². The lowest BCUT2D eigenvalue weighted by Gasteiger charge is -2.32. The average molecular weight is 334 g/mol. The van der Waals surface area contributed by atoms with Crippen molar-refractivity contribution in [3.63, 3.8) is 0 Å². The molecule has 3 N–H and O–H groups in total. The highest BCUT2D eigenvalue weighted by Crippen LogP contribution is 2.21. The van der Waals surface area contributed by atoms with Crippen LogP contribution >= 0.6 is 12.4 Å². The molecule has 0 saturated carbocycles. The van der Waals surface area contributed by atoms with E-state index in [9.17, 15) is 13.6 Å². The van der Waals surface area contributed by atoms with Crippen molar-refractivity contribution in [2.45, 2.75) is 19.4 Å². The summed E-state index contributed by atoms with van der Waals surface area (Å²) in [5, 5.41) is 2.77. The SMILES string of the molecule is Cl.NCCNC(=O)C1CCCN(Cc2c(F)cccc2F)C1. The highest BCUT2D eigenvalue weighted by molar-refractivity contribution is 5.85. The third kappa shape index (κ3) is 4.90. The van der Waals surface area contributed by atoms with Crippen LogP contribution in [0.5, 0.6) is 0 Å². The molecule has 0 aliphatic carbocycles. The quantitative estimate of drug-likeness (QED) is 0.862. The van der Waals surface area contributed by atoms with Gasteiger partial charge in [0.05, 0.1) is 5.92 Å². The summed E-state index contributed by atoms with van der Waals surface area (Å²) < 4.78 is 27.3. The summed E-state index contributed by atoms with van der Waals surface area (Å²) in [5.41, 5.74) is 5.43. The molecular weight excluding hydrogens is 312 g/mol. The number of carbonyl (C=O) groups is 1. The van der Waals surface area contributed by atoms with Gasteiger partial charge in [-0.3, -0.25) is 9.69 Å². The van der Waals surface area contributed by atoms with Gasteiger partial charge in [-0.05, 0) is 31.5 Å². The fourth-order valence-corrected chi connectivity index (χ4v) is 2.66. The van der Waals surface area contributed by atoms with Crippen molar-refractivity contribution in [2.75, 3.05) is 26.2 Å². The zero-order valence-electron chi connectivity index (χ0n) is 12.4. The number of nitrogens with two attached hydrogens (primary N) is 1. The zero-order chi connectivity index (χ0) is 15.2. The minimum Gasteiger partial charge on any atom is -0.355 e. The molecule has 124 valence electrons. The van der Waals surface area contributed by atoms with E-state index in [0.29, 0.717) is 19.6 Å². The molecule has 1 unspecified atom stereocenters. The van der Waals surface area contributed by atoms with E-state index >= 15 is 0 Å². The van der Waals surface area contributed by atoms with Crippen molar-refractivity contribution >= 4 is 18.3 Å². The van der Waals surface area contributed by atoms with Gasteiger partial charge in [0, 0.05) is 31.7 Å². The third-order valence-corrected chi connectivity index (χ3v) is 3.76. The average Bonchev–Trinajstić information content (AvgIpc) is 2.49. The van der Waals surface area contributed by atoms with Crippen molar-refractivity contribution in [3.05, 3.63) is 35.4 Å². The van der Waals surface area contributed by atoms with Gasteiger partial charge in [-0.15, -0.1) is 12.4 Å². The molecule has 0 aromatic heterocycles. The van der Waals surface area contributed by atoms with Crippen LogP contribution in [0.15, 0.2) is 18.2 Å². The van der Waals surface area contributed by atoms with Crippen LogP contribution < -0.4 is 11.1 Å². The smallest absolute Gasteiger partial charge is 0.224 e. The van der Waals surface area contributed by atoms with Gasteiger partial charge in [0.1, 0.15) is 11.6 Å². The van der Waals surface area contributed by atoms with E-state index in [1.54, 1.807) is 0 Å². The normalized spacial score (nSPS) is 18.6. The lowest BCUT2D eigenvalue weighted by molar-refractivity contribution is -0.126. The van der Waals surface area contributed by atoms with Gasteiger partial charge in [0.25, 0.3) is 0 Å². The molecule has 1 aliphatic heterocycles. The molecule has 4 nitrogen and oxygen atoms in total. The van der Waals surface area contributed by atoms with Crippen molar-refractivity contribution in [1.29, 1.82) is 0 Å². The third-order valence-electron chi connectivity index (χ3n) is 3.76. The first-order valence-electron chi connectivity index (χ1n) is 7.25. The number of carbonyl (C=O) groups excluding carboxylic acids is 1. The van der Waals surface area contributed by atoms with E-state index < -0.39 is 11.6 Å². The zero-order valence-corrected chi connectivity index (χ0v) is 13.2. The first-order valence-corrected chi connectivity index (χ1v) is 7.25. The van der Waals surface area contributed by atoms with Gasteiger partial charge in [0.15, 0.2) is 0 Å². The second-order valence-corrected chi connectivity index (χ2v) is 5.35. The topological polar surface area (TPSA) is 58.4 Å². The molecular formula is C15H22ClF2N3O. The fraction of sp³-hybridized carbons (Fsp3) is 0.533. The standard InChI is InChI=1S/C15H21F2N3O.ClH/c16-13-4-1-5-14(17)12(13)10-20-8-2-3-11(9-20)15(21)19-7-6-18;/h1,4-5,11H,2-3,6-10,18H2,(H,19,21);1H. The molecule has 1 heterocycles. The van der Waals surface area contributed by atoms with E-state index in [2.05, 4.69) is 5.32 Å². The molecule has 22 heavy (non-hydrogen) atoms. The Kier molecular flexibility index (Phi) is 7.72. The van der Waals surface area contributed by atoms with Crippen LogP contribution in [0, 0.1) is 17.6 Å². The van der Waals surface area contributed by atoms with E-state index in [1.165, 1.54) is 18.2 Å². The largest absolute Gasteiger partial charge is 0.355 e. The van der Waals surface area contributed by atoms with Crippen molar-refractivity contribution < 1.29 is 13.6 Å². The molecule has 1 saturated heterocycles. The van der Waals surface area contributed by atoms with Crippen LogP contribution in [0.1, 0.15) is 18.4 Å². The Bertz CT molecular complexity index is 481. The van der Waals surface area contributed by atoms with Crippen LogP contribution in [0.25, 0.3) is 0 Å². The summed E-state index contributed by atoms with van der Waals surface area (Å²) in [6, 6.07) is 3.87. The maximum Gasteiger partial charge on any atom is 0.224 e.